The maximum Gasteiger partial charge on any atom is 0.243 e. The fourth-order valence-corrected chi connectivity index (χ4v) is 1.95. The Morgan fingerprint density at radius 1 is 1.09 bits per heavy atom. The van der Waals surface area contributed by atoms with Crippen molar-refractivity contribution < 1.29 is 14.3 Å². The third kappa shape index (κ3) is 4.41. The molecule has 0 atom stereocenters. The van der Waals surface area contributed by atoms with Gasteiger partial charge in [-0.25, -0.2) is 0 Å². The Labute approximate surface area is 130 Å². The standard InChI is InChI=1S/C17H20N2O3/c1-3-22-16-7-5-4-6-15(16)18-12-17(20)19-13-8-10-14(21-2)11-9-13/h4-11,18H,3,12H2,1-2H3,(H,19,20). The van der Waals surface area contributed by atoms with Crippen molar-refractivity contribution in [3.8, 4) is 11.5 Å². The zero-order valence-corrected chi connectivity index (χ0v) is 12.8. The highest BCUT2D eigenvalue weighted by molar-refractivity contribution is 5.94. The van der Waals surface area contributed by atoms with Crippen molar-refractivity contribution in [1.82, 2.24) is 0 Å². The van der Waals surface area contributed by atoms with Crippen molar-refractivity contribution in [2.75, 3.05) is 30.9 Å². The van der Waals surface area contributed by atoms with Gasteiger partial charge in [-0.3, -0.25) is 4.79 Å². The van der Waals surface area contributed by atoms with E-state index in [9.17, 15) is 4.79 Å². The van der Waals surface area contributed by atoms with Gasteiger partial charge >= 0.3 is 0 Å². The van der Waals surface area contributed by atoms with E-state index in [4.69, 9.17) is 9.47 Å². The molecule has 2 aromatic carbocycles. The molecular weight excluding hydrogens is 280 g/mol. The van der Waals surface area contributed by atoms with E-state index in [1.54, 1.807) is 31.4 Å². The number of ether oxygens (including phenoxy) is 2. The fraction of sp³-hybridized carbons (Fsp3) is 0.235. The van der Waals surface area contributed by atoms with E-state index in [-0.39, 0.29) is 12.5 Å². The first kappa shape index (κ1) is 15.7. The van der Waals surface area contributed by atoms with Crippen molar-refractivity contribution in [1.29, 1.82) is 0 Å². The summed E-state index contributed by atoms with van der Waals surface area (Å²) >= 11 is 0. The van der Waals surface area contributed by atoms with Crippen LogP contribution >= 0.6 is 0 Å². The van der Waals surface area contributed by atoms with Gasteiger partial charge in [0.25, 0.3) is 0 Å². The predicted molar refractivity (Wildman–Crippen MR) is 87.7 cm³/mol. The Bertz CT molecular complexity index is 612. The minimum Gasteiger partial charge on any atom is -0.497 e. The molecule has 5 heteroatoms. The van der Waals surface area contributed by atoms with Crippen molar-refractivity contribution in [3.63, 3.8) is 0 Å². The highest BCUT2D eigenvalue weighted by Gasteiger charge is 2.06. The first-order valence-corrected chi connectivity index (χ1v) is 7.12. The van der Waals surface area contributed by atoms with Gasteiger partial charge in [0.05, 0.1) is 25.9 Å². The third-order valence-corrected chi connectivity index (χ3v) is 3.00. The van der Waals surface area contributed by atoms with Gasteiger partial charge in [0.15, 0.2) is 0 Å². The lowest BCUT2D eigenvalue weighted by Gasteiger charge is -2.12. The summed E-state index contributed by atoms with van der Waals surface area (Å²) in [5, 5.41) is 5.90. The largest absolute Gasteiger partial charge is 0.497 e. The second-order valence-electron chi connectivity index (χ2n) is 4.56. The molecule has 2 rings (SSSR count). The molecule has 0 fully saturated rings. The van der Waals surface area contributed by atoms with Crippen molar-refractivity contribution in [2.45, 2.75) is 6.92 Å². The summed E-state index contributed by atoms with van der Waals surface area (Å²) in [7, 11) is 1.60. The second-order valence-corrected chi connectivity index (χ2v) is 4.56. The van der Waals surface area contributed by atoms with E-state index in [0.29, 0.717) is 6.61 Å². The van der Waals surface area contributed by atoms with Gasteiger partial charge in [0.2, 0.25) is 5.91 Å². The van der Waals surface area contributed by atoms with E-state index >= 15 is 0 Å². The van der Waals surface area contributed by atoms with Crippen LogP contribution < -0.4 is 20.1 Å². The maximum atomic E-state index is 12.0. The van der Waals surface area contributed by atoms with Gasteiger partial charge in [-0.05, 0) is 43.3 Å². The van der Waals surface area contributed by atoms with Crippen LogP contribution in [0.15, 0.2) is 48.5 Å². The molecule has 116 valence electrons. The van der Waals surface area contributed by atoms with Gasteiger partial charge in [-0.1, -0.05) is 12.1 Å². The lowest BCUT2D eigenvalue weighted by Crippen LogP contribution is -2.22. The molecule has 0 aliphatic heterocycles. The average molecular weight is 300 g/mol. The molecule has 0 aliphatic carbocycles. The van der Waals surface area contributed by atoms with E-state index in [1.165, 1.54) is 0 Å². The van der Waals surface area contributed by atoms with Crippen molar-refractivity contribution in [3.05, 3.63) is 48.5 Å². The number of methoxy groups -OCH3 is 1. The molecule has 1 amide bonds. The number of carbonyl (C=O) groups is 1. The van der Waals surface area contributed by atoms with E-state index < -0.39 is 0 Å². The Kier molecular flexibility index (Phi) is 5.65. The molecule has 5 nitrogen and oxygen atoms in total. The monoisotopic (exact) mass is 300 g/mol. The Morgan fingerprint density at radius 3 is 2.50 bits per heavy atom. The molecule has 0 saturated heterocycles. The normalized spacial score (nSPS) is 9.91. The lowest BCUT2D eigenvalue weighted by atomic mass is 10.3. The minimum atomic E-state index is -0.128. The number of para-hydroxylation sites is 2. The third-order valence-electron chi connectivity index (χ3n) is 3.00. The van der Waals surface area contributed by atoms with E-state index in [2.05, 4.69) is 10.6 Å². The predicted octanol–water partition coefficient (Wildman–Crippen LogP) is 3.14. The number of rotatable bonds is 7. The highest BCUT2D eigenvalue weighted by atomic mass is 16.5. The van der Waals surface area contributed by atoms with Crippen LogP contribution in [0.25, 0.3) is 0 Å². The molecular formula is C17H20N2O3. The fourth-order valence-electron chi connectivity index (χ4n) is 1.95. The molecule has 2 N–H and O–H groups in total. The molecule has 0 radical (unpaired) electrons. The van der Waals surface area contributed by atoms with E-state index in [0.717, 1.165) is 22.9 Å². The zero-order valence-electron chi connectivity index (χ0n) is 12.8. The number of benzene rings is 2. The van der Waals surface area contributed by atoms with Crippen LogP contribution in [0.5, 0.6) is 11.5 Å². The van der Waals surface area contributed by atoms with E-state index in [1.807, 2.05) is 31.2 Å². The Morgan fingerprint density at radius 2 is 1.82 bits per heavy atom. The van der Waals surface area contributed by atoms with Crippen LogP contribution in [-0.2, 0) is 4.79 Å². The minimum absolute atomic E-state index is 0.128. The quantitative estimate of drug-likeness (QED) is 0.824. The van der Waals surface area contributed by atoms with Crippen molar-refractivity contribution >= 4 is 17.3 Å². The van der Waals surface area contributed by atoms with Gasteiger partial charge in [-0.15, -0.1) is 0 Å². The Hall–Kier alpha value is -2.69. The molecule has 0 bridgehead atoms. The highest BCUT2D eigenvalue weighted by Crippen LogP contribution is 2.23. The van der Waals surface area contributed by atoms with Crippen LogP contribution in [0.2, 0.25) is 0 Å². The molecule has 0 saturated carbocycles. The molecule has 0 aliphatic rings. The van der Waals surface area contributed by atoms with Gasteiger partial charge < -0.3 is 20.1 Å². The smallest absolute Gasteiger partial charge is 0.243 e. The SMILES string of the molecule is CCOc1ccccc1NCC(=O)Nc1ccc(OC)cc1. The molecule has 2 aromatic rings. The maximum absolute atomic E-state index is 12.0. The number of hydrogen-bond donors (Lipinski definition) is 2. The summed E-state index contributed by atoms with van der Waals surface area (Å²) in [5.74, 6) is 1.36. The number of anilines is 2. The number of carbonyl (C=O) groups excluding carboxylic acids is 1. The van der Waals surface area contributed by atoms with Crippen LogP contribution in [0.1, 0.15) is 6.92 Å². The molecule has 22 heavy (non-hydrogen) atoms. The number of nitrogens with one attached hydrogen (secondary N) is 2. The number of amides is 1. The summed E-state index contributed by atoms with van der Waals surface area (Å²) in [6.07, 6.45) is 0. The summed E-state index contributed by atoms with van der Waals surface area (Å²) < 4.78 is 10.6. The van der Waals surface area contributed by atoms with Gasteiger partial charge in [0.1, 0.15) is 11.5 Å². The molecule has 0 spiro atoms. The molecule has 0 aromatic heterocycles. The topological polar surface area (TPSA) is 59.6 Å². The van der Waals surface area contributed by atoms with Crippen molar-refractivity contribution in [2.24, 2.45) is 0 Å². The molecule has 0 unspecified atom stereocenters. The first-order valence-electron chi connectivity index (χ1n) is 7.12. The van der Waals surface area contributed by atoms with Crippen LogP contribution in [-0.4, -0.2) is 26.2 Å². The number of hydrogen-bond acceptors (Lipinski definition) is 4. The van der Waals surface area contributed by atoms with Crippen LogP contribution in [0, 0.1) is 0 Å². The average Bonchev–Trinajstić information content (AvgIpc) is 2.55. The zero-order chi connectivity index (χ0) is 15.8. The Balaban J connectivity index is 1.89. The van der Waals surface area contributed by atoms with Crippen LogP contribution in [0.4, 0.5) is 11.4 Å². The first-order chi connectivity index (χ1) is 10.7. The van der Waals surface area contributed by atoms with Gasteiger partial charge in [-0.2, -0.15) is 0 Å². The lowest BCUT2D eigenvalue weighted by molar-refractivity contribution is -0.114. The van der Waals surface area contributed by atoms with Crippen LogP contribution in [0.3, 0.4) is 0 Å². The summed E-state index contributed by atoms with van der Waals surface area (Å²) in [6.45, 7) is 2.67. The summed E-state index contributed by atoms with van der Waals surface area (Å²) in [5.41, 5.74) is 1.53. The second kappa shape index (κ2) is 7.93. The van der Waals surface area contributed by atoms with Gasteiger partial charge in [0, 0.05) is 5.69 Å². The molecule has 0 heterocycles. The summed E-state index contributed by atoms with van der Waals surface area (Å²) in [4.78, 5) is 12.0. The summed E-state index contributed by atoms with van der Waals surface area (Å²) in [6, 6.07) is 14.7.